The molecule has 0 bridgehead atoms. The third-order valence-electron chi connectivity index (χ3n) is 3.52. The summed E-state index contributed by atoms with van der Waals surface area (Å²) in [6, 6.07) is 4.19. The highest BCUT2D eigenvalue weighted by atomic mass is 32.2. The van der Waals surface area contributed by atoms with E-state index < -0.39 is 23.3 Å². The van der Waals surface area contributed by atoms with Crippen molar-refractivity contribution in [1.29, 1.82) is 0 Å². The van der Waals surface area contributed by atoms with Crippen LogP contribution in [0.5, 0.6) is 0 Å². The lowest BCUT2D eigenvalue weighted by Crippen LogP contribution is -2.26. The SMILES string of the molecule is CSC1=C(Nc2ccc(C(F)(F)F)cc2)C(=O)c2cncnc2C1=O. The number of halogens is 3. The second-order valence-electron chi connectivity index (χ2n) is 5.05. The van der Waals surface area contributed by atoms with Gasteiger partial charge in [0.15, 0.2) is 0 Å². The van der Waals surface area contributed by atoms with Crippen molar-refractivity contribution in [3.05, 3.63) is 64.2 Å². The lowest BCUT2D eigenvalue weighted by molar-refractivity contribution is -0.137. The second kappa shape index (κ2) is 6.32. The van der Waals surface area contributed by atoms with Crippen LogP contribution in [-0.4, -0.2) is 27.8 Å². The van der Waals surface area contributed by atoms with Crippen LogP contribution in [0.3, 0.4) is 0 Å². The molecule has 0 atom stereocenters. The minimum Gasteiger partial charge on any atom is -0.351 e. The van der Waals surface area contributed by atoms with E-state index in [4.69, 9.17) is 0 Å². The average molecular weight is 365 g/mol. The number of ketones is 2. The molecule has 1 heterocycles. The van der Waals surface area contributed by atoms with Crippen LogP contribution in [0.15, 0.2) is 47.4 Å². The maximum absolute atomic E-state index is 12.6. The first kappa shape index (κ1) is 17.2. The number of carbonyl (C=O) groups excluding carboxylic acids is 2. The van der Waals surface area contributed by atoms with Gasteiger partial charge in [0.25, 0.3) is 0 Å². The molecule has 9 heteroatoms. The van der Waals surface area contributed by atoms with Crippen molar-refractivity contribution in [3.63, 3.8) is 0 Å². The van der Waals surface area contributed by atoms with Gasteiger partial charge in [-0.15, -0.1) is 11.8 Å². The number of hydrogen-bond donors (Lipinski definition) is 1. The molecule has 0 aliphatic heterocycles. The number of aromatic nitrogens is 2. The maximum atomic E-state index is 12.6. The van der Waals surface area contributed by atoms with Gasteiger partial charge in [-0.05, 0) is 30.5 Å². The minimum absolute atomic E-state index is 0.000409. The molecule has 0 amide bonds. The fourth-order valence-corrected chi connectivity index (χ4v) is 2.96. The molecule has 0 radical (unpaired) electrons. The molecule has 25 heavy (non-hydrogen) atoms. The minimum atomic E-state index is -4.45. The van der Waals surface area contributed by atoms with E-state index in [2.05, 4.69) is 15.3 Å². The lowest BCUT2D eigenvalue weighted by Gasteiger charge is -2.20. The number of fused-ring (bicyclic) bond motifs is 1. The number of Topliss-reactive ketones (excluding diaryl/α,β-unsaturated/α-hetero) is 2. The zero-order valence-electron chi connectivity index (χ0n) is 12.7. The van der Waals surface area contributed by atoms with E-state index in [1.807, 2.05) is 0 Å². The van der Waals surface area contributed by atoms with Crippen molar-refractivity contribution in [2.75, 3.05) is 11.6 Å². The summed E-state index contributed by atoms with van der Waals surface area (Å²) in [4.78, 5) is 32.8. The standard InChI is InChI=1S/C16H10F3N3O2S/c1-25-15-12(13(23)10-6-20-7-21-11(10)14(15)24)22-9-4-2-8(3-5-9)16(17,18)19/h2-7,22H,1H3. The summed E-state index contributed by atoms with van der Waals surface area (Å²) >= 11 is 1.06. The molecular weight excluding hydrogens is 355 g/mol. The van der Waals surface area contributed by atoms with Gasteiger partial charge in [-0.25, -0.2) is 9.97 Å². The summed E-state index contributed by atoms with van der Waals surface area (Å²) in [6.07, 6.45) is -0.402. The largest absolute Gasteiger partial charge is 0.416 e. The molecule has 0 spiro atoms. The summed E-state index contributed by atoms with van der Waals surface area (Å²) in [5, 5.41) is 2.75. The highest BCUT2D eigenvalue weighted by Crippen LogP contribution is 2.33. The van der Waals surface area contributed by atoms with Crippen LogP contribution in [0.4, 0.5) is 18.9 Å². The fraction of sp³-hybridized carbons (Fsp3) is 0.125. The topological polar surface area (TPSA) is 72.0 Å². The van der Waals surface area contributed by atoms with Crippen molar-refractivity contribution in [2.45, 2.75) is 6.18 Å². The molecule has 3 rings (SSSR count). The van der Waals surface area contributed by atoms with Crippen molar-refractivity contribution >= 4 is 29.0 Å². The van der Waals surface area contributed by atoms with Gasteiger partial charge in [0.1, 0.15) is 17.7 Å². The number of carbonyl (C=O) groups is 2. The molecule has 0 saturated heterocycles. The smallest absolute Gasteiger partial charge is 0.351 e. The molecule has 128 valence electrons. The molecule has 1 aromatic carbocycles. The number of nitrogens with one attached hydrogen (secondary N) is 1. The van der Waals surface area contributed by atoms with Gasteiger partial charge in [0, 0.05) is 11.9 Å². The number of anilines is 1. The Kier molecular flexibility index (Phi) is 4.34. The van der Waals surface area contributed by atoms with Crippen LogP contribution in [0.1, 0.15) is 26.4 Å². The Bertz CT molecular complexity index is 892. The van der Waals surface area contributed by atoms with Crippen LogP contribution in [0.2, 0.25) is 0 Å². The summed E-state index contributed by atoms with van der Waals surface area (Å²) in [6.45, 7) is 0. The first-order chi connectivity index (χ1) is 11.8. The first-order valence-corrected chi connectivity index (χ1v) is 8.17. The number of rotatable bonds is 3. The highest BCUT2D eigenvalue weighted by molar-refractivity contribution is 8.03. The van der Waals surface area contributed by atoms with E-state index in [9.17, 15) is 22.8 Å². The zero-order chi connectivity index (χ0) is 18.2. The molecule has 1 aromatic heterocycles. The molecule has 0 saturated carbocycles. The van der Waals surface area contributed by atoms with Crippen molar-refractivity contribution in [3.8, 4) is 0 Å². The van der Waals surface area contributed by atoms with Crippen LogP contribution >= 0.6 is 11.8 Å². The van der Waals surface area contributed by atoms with E-state index in [0.29, 0.717) is 0 Å². The van der Waals surface area contributed by atoms with Gasteiger partial charge >= 0.3 is 6.18 Å². The van der Waals surface area contributed by atoms with Gasteiger partial charge in [-0.1, -0.05) is 0 Å². The monoisotopic (exact) mass is 365 g/mol. The molecule has 1 aliphatic carbocycles. The van der Waals surface area contributed by atoms with E-state index in [1.165, 1.54) is 24.7 Å². The Labute approximate surface area is 144 Å². The van der Waals surface area contributed by atoms with Crippen molar-refractivity contribution in [1.82, 2.24) is 9.97 Å². The Morgan fingerprint density at radius 3 is 2.36 bits per heavy atom. The number of benzene rings is 1. The predicted octanol–water partition coefficient (Wildman–Crippen LogP) is 3.56. The van der Waals surface area contributed by atoms with E-state index in [1.54, 1.807) is 6.26 Å². The zero-order valence-corrected chi connectivity index (χ0v) is 13.5. The normalized spacial score (nSPS) is 14.6. The number of alkyl halides is 3. The summed E-state index contributed by atoms with van der Waals surface area (Å²) in [7, 11) is 0. The summed E-state index contributed by atoms with van der Waals surface area (Å²) in [5.74, 6) is -0.918. The molecular formula is C16H10F3N3O2S. The summed E-state index contributed by atoms with van der Waals surface area (Å²) < 4.78 is 37.9. The van der Waals surface area contributed by atoms with Crippen LogP contribution in [-0.2, 0) is 6.18 Å². The third kappa shape index (κ3) is 3.14. The van der Waals surface area contributed by atoms with Crippen LogP contribution in [0.25, 0.3) is 0 Å². The molecule has 1 aliphatic rings. The number of allylic oxidation sites excluding steroid dienone is 2. The first-order valence-electron chi connectivity index (χ1n) is 6.95. The second-order valence-corrected chi connectivity index (χ2v) is 5.87. The van der Waals surface area contributed by atoms with Crippen LogP contribution in [0, 0.1) is 0 Å². The Morgan fingerprint density at radius 2 is 1.76 bits per heavy atom. The molecule has 2 aromatic rings. The van der Waals surface area contributed by atoms with E-state index in [0.717, 1.165) is 23.9 Å². The van der Waals surface area contributed by atoms with Gasteiger partial charge in [0.05, 0.1) is 16.0 Å². The van der Waals surface area contributed by atoms with Gasteiger partial charge in [0.2, 0.25) is 11.6 Å². The fourth-order valence-electron chi connectivity index (χ4n) is 2.33. The van der Waals surface area contributed by atoms with Gasteiger partial charge in [-0.2, -0.15) is 13.2 Å². The van der Waals surface area contributed by atoms with E-state index >= 15 is 0 Å². The maximum Gasteiger partial charge on any atom is 0.416 e. The highest BCUT2D eigenvalue weighted by Gasteiger charge is 2.34. The Hall–Kier alpha value is -2.68. The quantitative estimate of drug-likeness (QED) is 0.897. The van der Waals surface area contributed by atoms with E-state index in [-0.39, 0.29) is 27.5 Å². The molecule has 0 fully saturated rings. The number of thioether (sulfide) groups is 1. The van der Waals surface area contributed by atoms with Crippen molar-refractivity contribution < 1.29 is 22.8 Å². The molecule has 5 nitrogen and oxygen atoms in total. The summed E-state index contributed by atoms with van der Waals surface area (Å²) in [5.41, 5.74) is -0.473. The van der Waals surface area contributed by atoms with Crippen LogP contribution < -0.4 is 5.32 Å². The number of nitrogens with zero attached hydrogens (tertiary/aromatic N) is 2. The average Bonchev–Trinajstić information content (AvgIpc) is 2.59. The number of hydrogen-bond acceptors (Lipinski definition) is 6. The third-order valence-corrected chi connectivity index (χ3v) is 4.32. The molecule has 0 unspecified atom stereocenters. The van der Waals surface area contributed by atoms with Gasteiger partial charge in [-0.3, -0.25) is 9.59 Å². The predicted molar refractivity (Wildman–Crippen MR) is 86.3 cm³/mol. The van der Waals surface area contributed by atoms with Gasteiger partial charge < -0.3 is 5.32 Å². The van der Waals surface area contributed by atoms with Crippen molar-refractivity contribution in [2.24, 2.45) is 0 Å². The molecule has 1 N–H and O–H groups in total. The Morgan fingerprint density at radius 1 is 1.08 bits per heavy atom. The Balaban J connectivity index is 1.98. The lowest BCUT2D eigenvalue weighted by atomic mass is 9.98.